The second-order valence-electron chi connectivity index (χ2n) is 5.13. The van der Waals surface area contributed by atoms with E-state index in [4.69, 9.17) is 0 Å². The molecule has 0 aromatic heterocycles. The molecule has 0 saturated carbocycles. The molecular formula is C15H24N2O2. The topological polar surface area (TPSA) is 52.6 Å². The van der Waals surface area contributed by atoms with E-state index < -0.39 is 11.5 Å². The third-order valence-electron chi connectivity index (χ3n) is 3.38. The summed E-state index contributed by atoms with van der Waals surface area (Å²) in [5.74, 6) is -0.780. The monoisotopic (exact) mass is 264 g/mol. The normalized spacial score (nSPS) is 14.3. The Hall–Kier alpha value is -1.39. The summed E-state index contributed by atoms with van der Waals surface area (Å²) in [7, 11) is 3.96. The van der Waals surface area contributed by atoms with Crippen LogP contribution in [0.4, 0.5) is 0 Å². The number of rotatable bonds is 8. The van der Waals surface area contributed by atoms with E-state index in [9.17, 15) is 9.90 Å². The van der Waals surface area contributed by atoms with Gasteiger partial charge in [0.15, 0.2) is 0 Å². The van der Waals surface area contributed by atoms with Crippen molar-refractivity contribution in [1.29, 1.82) is 0 Å². The second kappa shape index (κ2) is 7.26. The van der Waals surface area contributed by atoms with Crippen LogP contribution in [-0.2, 0) is 11.2 Å². The second-order valence-corrected chi connectivity index (χ2v) is 5.13. The summed E-state index contributed by atoms with van der Waals surface area (Å²) in [6, 6.07) is 9.77. The first kappa shape index (κ1) is 15.7. The fraction of sp³-hybridized carbons (Fsp3) is 0.533. The molecule has 0 radical (unpaired) electrons. The van der Waals surface area contributed by atoms with E-state index in [2.05, 4.69) is 5.32 Å². The van der Waals surface area contributed by atoms with Crippen molar-refractivity contribution in [2.75, 3.05) is 27.2 Å². The van der Waals surface area contributed by atoms with Crippen molar-refractivity contribution < 1.29 is 9.90 Å². The summed E-state index contributed by atoms with van der Waals surface area (Å²) in [6.07, 6.45) is 1.07. The molecule has 0 aliphatic heterocycles. The minimum atomic E-state index is -0.878. The van der Waals surface area contributed by atoms with Gasteiger partial charge in [0.1, 0.15) is 5.54 Å². The van der Waals surface area contributed by atoms with Crippen LogP contribution < -0.4 is 5.32 Å². The lowest BCUT2D eigenvalue weighted by Gasteiger charge is -2.30. The molecule has 106 valence electrons. The number of aliphatic carboxylic acids is 1. The zero-order chi connectivity index (χ0) is 14.3. The van der Waals surface area contributed by atoms with Gasteiger partial charge in [-0.25, -0.2) is 0 Å². The molecule has 0 saturated heterocycles. The zero-order valence-corrected chi connectivity index (χ0v) is 12.0. The molecule has 19 heavy (non-hydrogen) atoms. The summed E-state index contributed by atoms with van der Waals surface area (Å²) in [6.45, 7) is 3.41. The van der Waals surface area contributed by atoms with Crippen LogP contribution in [0.25, 0.3) is 0 Å². The molecule has 0 bridgehead atoms. The quantitative estimate of drug-likeness (QED) is 0.749. The first-order valence-corrected chi connectivity index (χ1v) is 6.67. The van der Waals surface area contributed by atoms with Gasteiger partial charge in [0.05, 0.1) is 0 Å². The standard InChI is InChI=1S/C15H24N2O2/c1-4-15(14(18)19,16-10-11-17(2)3)12-13-8-6-5-7-9-13/h5-9,16H,4,10-12H2,1-3H3,(H,18,19). The molecule has 1 rings (SSSR count). The Labute approximate surface area is 115 Å². The van der Waals surface area contributed by atoms with Gasteiger partial charge in [0.25, 0.3) is 0 Å². The van der Waals surface area contributed by atoms with Crippen LogP contribution in [0, 0.1) is 0 Å². The van der Waals surface area contributed by atoms with Gasteiger partial charge in [-0.3, -0.25) is 4.79 Å². The Balaban J connectivity index is 2.77. The van der Waals surface area contributed by atoms with Crippen LogP contribution in [0.3, 0.4) is 0 Å². The number of likely N-dealkylation sites (N-methyl/N-ethyl adjacent to an activating group) is 1. The van der Waals surface area contributed by atoms with E-state index in [1.807, 2.05) is 56.3 Å². The molecule has 0 heterocycles. The van der Waals surface area contributed by atoms with Crippen LogP contribution in [0.2, 0.25) is 0 Å². The fourth-order valence-corrected chi connectivity index (χ4v) is 2.08. The molecule has 0 fully saturated rings. The number of nitrogens with zero attached hydrogens (tertiary/aromatic N) is 1. The minimum absolute atomic E-state index is 0.507. The van der Waals surface area contributed by atoms with Crippen molar-refractivity contribution in [3.05, 3.63) is 35.9 Å². The van der Waals surface area contributed by atoms with Gasteiger partial charge in [-0.1, -0.05) is 37.3 Å². The van der Waals surface area contributed by atoms with Gasteiger partial charge >= 0.3 is 5.97 Å². The SMILES string of the molecule is CCC(Cc1ccccc1)(NCCN(C)C)C(=O)O. The zero-order valence-electron chi connectivity index (χ0n) is 12.0. The maximum absolute atomic E-state index is 11.7. The molecule has 0 aliphatic rings. The van der Waals surface area contributed by atoms with Crippen LogP contribution in [0.5, 0.6) is 0 Å². The van der Waals surface area contributed by atoms with Gasteiger partial charge in [-0.15, -0.1) is 0 Å². The van der Waals surface area contributed by atoms with E-state index >= 15 is 0 Å². The number of carbonyl (C=O) groups is 1. The lowest BCUT2D eigenvalue weighted by molar-refractivity contribution is -0.145. The predicted molar refractivity (Wildman–Crippen MR) is 77.4 cm³/mol. The molecule has 0 aliphatic carbocycles. The van der Waals surface area contributed by atoms with E-state index in [0.717, 1.165) is 12.1 Å². The highest BCUT2D eigenvalue weighted by atomic mass is 16.4. The van der Waals surface area contributed by atoms with Crippen LogP contribution in [-0.4, -0.2) is 48.7 Å². The molecule has 2 N–H and O–H groups in total. The highest BCUT2D eigenvalue weighted by Gasteiger charge is 2.36. The summed E-state index contributed by atoms with van der Waals surface area (Å²) in [5, 5.41) is 12.8. The Morgan fingerprint density at radius 2 is 1.95 bits per heavy atom. The van der Waals surface area contributed by atoms with Gasteiger partial charge in [0.2, 0.25) is 0 Å². The largest absolute Gasteiger partial charge is 0.480 e. The highest BCUT2D eigenvalue weighted by molar-refractivity contribution is 5.79. The molecule has 1 aromatic rings. The number of benzene rings is 1. The molecule has 1 aromatic carbocycles. The first-order valence-electron chi connectivity index (χ1n) is 6.67. The molecule has 4 nitrogen and oxygen atoms in total. The van der Waals surface area contributed by atoms with Gasteiger partial charge in [-0.05, 0) is 26.1 Å². The van der Waals surface area contributed by atoms with E-state index in [0.29, 0.717) is 19.4 Å². The van der Waals surface area contributed by atoms with Gasteiger partial charge in [0, 0.05) is 19.5 Å². The van der Waals surface area contributed by atoms with Crippen molar-refractivity contribution >= 4 is 5.97 Å². The predicted octanol–water partition coefficient (Wildman–Crippen LogP) is 1.61. The third kappa shape index (κ3) is 4.65. The van der Waals surface area contributed by atoms with Crippen molar-refractivity contribution in [3.63, 3.8) is 0 Å². The smallest absolute Gasteiger partial charge is 0.324 e. The minimum Gasteiger partial charge on any atom is -0.480 e. The average molecular weight is 264 g/mol. The molecule has 4 heteroatoms. The number of hydrogen-bond acceptors (Lipinski definition) is 3. The summed E-state index contributed by atoms with van der Waals surface area (Å²) >= 11 is 0. The lowest BCUT2D eigenvalue weighted by atomic mass is 9.88. The van der Waals surface area contributed by atoms with E-state index in [1.54, 1.807) is 0 Å². The van der Waals surface area contributed by atoms with E-state index in [1.165, 1.54) is 0 Å². The average Bonchev–Trinajstić information content (AvgIpc) is 2.38. The molecule has 0 spiro atoms. The van der Waals surface area contributed by atoms with Gasteiger partial charge in [-0.2, -0.15) is 0 Å². The summed E-state index contributed by atoms with van der Waals surface area (Å²) in [5.41, 5.74) is 0.168. The molecule has 0 amide bonds. The van der Waals surface area contributed by atoms with Crippen LogP contribution in [0.15, 0.2) is 30.3 Å². The molecular weight excluding hydrogens is 240 g/mol. The van der Waals surface area contributed by atoms with E-state index in [-0.39, 0.29) is 0 Å². The Kier molecular flexibility index (Phi) is 5.99. The number of hydrogen-bond donors (Lipinski definition) is 2. The Morgan fingerprint density at radius 3 is 2.42 bits per heavy atom. The maximum Gasteiger partial charge on any atom is 0.324 e. The summed E-state index contributed by atoms with van der Waals surface area (Å²) in [4.78, 5) is 13.7. The lowest BCUT2D eigenvalue weighted by Crippen LogP contribution is -2.54. The number of carboxylic acids is 1. The van der Waals surface area contributed by atoms with Crippen molar-refractivity contribution in [3.8, 4) is 0 Å². The maximum atomic E-state index is 11.7. The summed E-state index contributed by atoms with van der Waals surface area (Å²) < 4.78 is 0. The molecule has 1 atom stereocenters. The number of nitrogens with one attached hydrogen (secondary N) is 1. The Morgan fingerprint density at radius 1 is 1.32 bits per heavy atom. The van der Waals surface area contributed by atoms with Crippen LogP contribution in [0.1, 0.15) is 18.9 Å². The van der Waals surface area contributed by atoms with Crippen LogP contribution >= 0.6 is 0 Å². The van der Waals surface area contributed by atoms with Crippen molar-refractivity contribution in [2.45, 2.75) is 25.3 Å². The first-order chi connectivity index (χ1) is 9.00. The number of carboxylic acid groups (broad SMARTS) is 1. The van der Waals surface area contributed by atoms with Gasteiger partial charge < -0.3 is 15.3 Å². The Bertz CT molecular complexity index is 392. The molecule has 1 unspecified atom stereocenters. The third-order valence-corrected chi connectivity index (χ3v) is 3.38. The van der Waals surface area contributed by atoms with Crippen molar-refractivity contribution in [1.82, 2.24) is 10.2 Å². The van der Waals surface area contributed by atoms with Crippen molar-refractivity contribution in [2.24, 2.45) is 0 Å². The fourth-order valence-electron chi connectivity index (χ4n) is 2.08. The highest BCUT2D eigenvalue weighted by Crippen LogP contribution is 2.18.